The van der Waals surface area contributed by atoms with Gasteiger partial charge in [0.1, 0.15) is 5.75 Å². The molecule has 9 heteroatoms. The third-order valence-corrected chi connectivity index (χ3v) is 6.14. The first-order valence-corrected chi connectivity index (χ1v) is 10.9. The van der Waals surface area contributed by atoms with Crippen LogP contribution in [0.1, 0.15) is 49.8 Å². The van der Waals surface area contributed by atoms with Gasteiger partial charge in [-0.3, -0.25) is 0 Å². The van der Waals surface area contributed by atoms with Crippen molar-refractivity contribution in [2.45, 2.75) is 64.3 Å². The van der Waals surface area contributed by atoms with E-state index in [1.807, 2.05) is 13.0 Å². The Bertz CT molecular complexity index is 986. The smallest absolute Gasteiger partial charge is 0.416 e. The molecular weight excluding hydrogens is 423 g/mol. The van der Waals surface area contributed by atoms with E-state index in [0.29, 0.717) is 36.3 Å². The van der Waals surface area contributed by atoms with Crippen LogP contribution >= 0.6 is 0 Å². The highest BCUT2D eigenvalue weighted by Gasteiger charge is 2.43. The Morgan fingerprint density at radius 3 is 2.62 bits per heavy atom. The summed E-state index contributed by atoms with van der Waals surface area (Å²) in [6.07, 6.45) is -1.37. The molecule has 6 nitrogen and oxygen atoms in total. The van der Waals surface area contributed by atoms with E-state index in [1.165, 1.54) is 0 Å². The van der Waals surface area contributed by atoms with Crippen molar-refractivity contribution < 1.29 is 27.8 Å². The van der Waals surface area contributed by atoms with E-state index < -0.39 is 17.3 Å². The van der Waals surface area contributed by atoms with Crippen LogP contribution in [0.4, 0.5) is 19.0 Å². The zero-order valence-corrected chi connectivity index (χ0v) is 18.5. The Morgan fingerprint density at radius 1 is 1.22 bits per heavy atom. The Balaban J connectivity index is 1.70. The van der Waals surface area contributed by atoms with Gasteiger partial charge in [-0.25, -0.2) is 0 Å². The van der Waals surface area contributed by atoms with Gasteiger partial charge >= 0.3 is 6.18 Å². The number of aromatic nitrogens is 2. The van der Waals surface area contributed by atoms with Gasteiger partial charge in [0.15, 0.2) is 12.6 Å². The van der Waals surface area contributed by atoms with E-state index in [-0.39, 0.29) is 18.6 Å². The molecule has 0 atom stereocenters. The summed E-state index contributed by atoms with van der Waals surface area (Å²) >= 11 is 0. The summed E-state index contributed by atoms with van der Waals surface area (Å²) in [7, 11) is 0. The number of benzene rings is 1. The predicted molar refractivity (Wildman–Crippen MR) is 114 cm³/mol. The number of aryl methyl sites for hydroxylation is 2. The van der Waals surface area contributed by atoms with Crippen molar-refractivity contribution >= 4 is 5.82 Å². The van der Waals surface area contributed by atoms with Gasteiger partial charge in [-0.05, 0) is 75.8 Å². The number of fused-ring (bicyclic) bond motifs is 1. The molecule has 0 spiro atoms. The second kappa shape index (κ2) is 8.51. The minimum atomic E-state index is -4.49. The lowest BCUT2D eigenvalue weighted by Gasteiger charge is -2.48. The van der Waals surface area contributed by atoms with Crippen LogP contribution in [0, 0.1) is 6.92 Å². The van der Waals surface area contributed by atoms with E-state index in [4.69, 9.17) is 9.47 Å². The standard InChI is InChI=1S/C23H28F3N3O3/c1-4-31-13-32-19-10-16(23(24,25)26)8-14(2)20(19)18-9-15-6-5-7-29(21(15)28-27-18)17-11-22(3,30)12-17/h8-10,17,30H,4-7,11-13H2,1-3H3. The lowest BCUT2D eigenvalue weighted by atomic mass is 9.76. The number of rotatable bonds is 6. The van der Waals surface area contributed by atoms with Gasteiger partial charge in [-0.15, -0.1) is 10.2 Å². The van der Waals surface area contributed by atoms with Crippen molar-refractivity contribution in [1.29, 1.82) is 0 Å². The highest BCUT2D eigenvalue weighted by Crippen LogP contribution is 2.42. The van der Waals surface area contributed by atoms with Crippen LogP contribution in [-0.2, 0) is 17.3 Å². The number of halogens is 3. The summed E-state index contributed by atoms with van der Waals surface area (Å²) in [6, 6.07) is 4.22. The minimum absolute atomic E-state index is 0.0720. The van der Waals surface area contributed by atoms with Crippen molar-refractivity contribution in [2.75, 3.05) is 24.8 Å². The summed E-state index contributed by atoms with van der Waals surface area (Å²) < 4.78 is 50.9. The van der Waals surface area contributed by atoms with Gasteiger partial charge in [-0.1, -0.05) is 0 Å². The molecule has 0 amide bonds. The third kappa shape index (κ3) is 4.54. The lowest BCUT2D eigenvalue weighted by Crippen LogP contribution is -2.55. The van der Waals surface area contributed by atoms with Gasteiger partial charge in [-0.2, -0.15) is 13.2 Å². The van der Waals surface area contributed by atoms with E-state index in [9.17, 15) is 18.3 Å². The summed E-state index contributed by atoms with van der Waals surface area (Å²) in [6.45, 7) is 6.31. The summed E-state index contributed by atoms with van der Waals surface area (Å²) in [5.74, 6) is 0.865. The molecule has 2 aromatic rings. The summed E-state index contributed by atoms with van der Waals surface area (Å²) in [5.41, 5.74) is 0.950. The van der Waals surface area contributed by atoms with Gasteiger partial charge in [0, 0.05) is 24.8 Å². The molecule has 1 fully saturated rings. The first kappa shape index (κ1) is 22.8. The van der Waals surface area contributed by atoms with Gasteiger partial charge in [0.2, 0.25) is 0 Å². The highest BCUT2D eigenvalue weighted by atomic mass is 19.4. The molecule has 0 unspecified atom stereocenters. The number of aliphatic hydroxyl groups is 1. The largest absolute Gasteiger partial charge is 0.467 e. The molecule has 0 saturated heterocycles. The van der Waals surface area contributed by atoms with Crippen LogP contribution in [0.5, 0.6) is 5.75 Å². The summed E-state index contributed by atoms with van der Waals surface area (Å²) in [5, 5.41) is 19.0. The SMILES string of the molecule is CCOCOc1cc(C(F)(F)F)cc(C)c1-c1cc2c(nn1)N(C1CC(C)(O)C1)CCC2. The monoisotopic (exact) mass is 451 g/mol. The molecule has 0 radical (unpaired) electrons. The molecule has 4 rings (SSSR count). The Hall–Kier alpha value is -2.39. The summed E-state index contributed by atoms with van der Waals surface area (Å²) in [4.78, 5) is 2.19. The van der Waals surface area contributed by atoms with Crippen LogP contribution in [0.2, 0.25) is 0 Å². The van der Waals surface area contributed by atoms with Crippen LogP contribution in [-0.4, -0.2) is 46.9 Å². The predicted octanol–water partition coefficient (Wildman–Crippen LogP) is 4.51. The van der Waals surface area contributed by atoms with Crippen molar-refractivity contribution in [3.05, 3.63) is 34.9 Å². The number of hydrogen-bond donors (Lipinski definition) is 1. The fourth-order valence-corrected chi connectivity index (χ4v) is 4.60. The first-order chi connectivity index (χ1) is 15.1. The van der Waals surface area contributed by atoms with E-state index in [0.717, 1.165) is 42.9 Å². The highest BCUT2D eigenvalue weighted by molar-refractivity contribution is 5.73. The molecule has 1 aromatic carbocycles. The van der Waals surface area contributed by atoms with Gasteiger partial charge in [0.05, 0.1) is 16.9 Å². The Labute approximate surface area is 185 Å². The van der Waals surface area contributed by atoms with Gasteiger partial charge < -0.3 is 19.5 Å². The fraction of sp³-hybridized carbons (Fsp3) is 0.565. The average Bonchev–Trinajstić information content (AvgIpc) is 2.70. The molecule has 2 aliphatic rings. The molecule has 1 aromatic heterocycles. The molecule has 0 bridgehead atoms. The molecule has 32 heavy (non-hydrogen) atoms. The van der Waals surface area contributed by atoms with E-state index in [1.54, 1.807) is 13.8 Å². The zero-order chi connectivity index (χ0) is 23.1. The van der Waals surface area contributed by atoms with Crippen molar-refractivity contribution in [3.8, 4) is 17.0 Å². The van der Waals surface area contributed by atoms with Crippen molar-refractivity contribution in [3.63, 3.8) is 0 Å². The second-order valence-corrected chi connectivity index (χ2v) is 8.85. The average molecular weight is 451 g/mol. The molecular formula is C23H28F3N3O3. The third-order valence-electron chi connectivity index (χ3n) is 6.14. The molecule has 2 heterocycles. The first-order valence-electron chi connectivity index (χ1n) is 10.9. The van der Waals surface area contributed by atoms with Crippen LogP contribution in [0.3, 0.4) is 0 Å². The number of hydrogen-bond acceptors (Lipinski definition) is 6. The molecule has 1 N–H and O–H groups in total. The maximum Gasteiger partial charge on any atom is 0.416 e. The number of nitrogens with zero attached hydrogens (tertiary/aromatic N) is 3. The number of alkyl halides is 3. The van der Waals surface area contributed by atoms with Crippen LogP contribution in [0.25, 0.3) is 11.3 Å². The van der Waals surface area contributed by atoms with Crippen molar-refractivity contribution in [2.24, 2.45) is 0 Å². The quantitative estimate of drug-likeness (QED) is 0.515. The second-order valence-electron chi connectivity index (χ2n) is 8.85. The fourth-order valence-electron chi connectivity index (χ4n) is 4.60. The van der Waals surface area contributed by atoms with E-state index >= 15 is 0 Å². The molecule has 174 valence electrons. The number of anilines is 1. The zero-order valence-electron chi connectivity index (χ0n) is 18.5. The van der Waals surface area contributed by atoms with Crippen molar-refractivity contribution in [1.82, 2.24) is 10.2 Å². The van der Waals surface area contributed by atoms with Crippen LogP contribution in [0.15, 0.2) is 18.2 Å². The normalized spacial score (nSPS) is 23.0. The number of ether oxygens (including phenoxy) is 2. The topological polar surface area (TPSA) is 67.7 Å². The Kier molecular flexibility index (Phi) is 6.06. The maximum absolute atomic E-state index is 13.4. The van der Waals surface area contributed by atoms with E-state index in [2.05, 4.69) is 15.1 Å². The molecule has 1 aliphatic heterocycles. The molecule has 1 aliphatic carbocycles. The maximum atomic E-state index is 13.4. The minimum Gasteiger partial charge on any atom is -0.467 e. The van der Waals surface area contributed by atoms with Gasteiger partial charge in [0.25, 0.3) is 0 Å². The van der Waals surface area contributed by atoms with Crippen LogP contribution < -0.4 is 9.64 Å². The molecule has 1 saturated carbocycles. The Morgan fingerprint density at radius 2 is 1.97 bits per heavy atom. The lowest BCUT2D eigenvalue weighted by molar-refractivity contribution is -0.137.